The number of aromatic nitrogens is 4. The Kier molecular flexibility index (Phi) is 14.9. The summed E-state index contributed by atoms with van der Waals surface area (Å²) in [5, 5.41) is 17.8. The monoisotopic (exact) mass is 692 g/mol. The smallest absolute Gasteiger partial charge is 0.307 e. The van der Waals surface area contributed by atoms with E-state index in [-0.39, 0.29) is 74.7 Å². The van der Waals surface area contributed by atoms with E-state index in [2.05, 4.69) is 24.8 Å². The molecule has 0 aliphatic carbocycles. The topological polar surface area (TPSA) is 145 Å². The van der Waals surface area contributed by atoms with Crippen LogP contribution >= 0.6 is 11.6 Å². The highest BCUT2D eigenvalue weighted by molar-refractivity contribution is 6.29. The minimum absolute atomic E-state index is 0. The van der Waals surface area contributed by atoms with Crippen molar-refractivity contribution in [3.05, 3.63) is 136 Å². The molecule has 0 fully saturated rings. The van der Waals surface area contributed by atoms with Crippen molar-refractivity contribution in [3.8, 4) is 29.2 Å². The van der Waals surface area contributed by atoms with Crippen LogP contribution in [0.2, 0.25) is 5.15 Å². The summed E-state index contributed by atoms with van der Waals surface area (Å²) < 4.78 is 57.3. The Balaban J connectivity index is 0.000000360. The first-order valence-electron chi connectivity index (χ1n) is 13.2. The largest absolute Gasteiger partial charge is 0.483 e. The van der Waals surface area contributed by atoms with Crippen molar-refractivity contribution >= 4 is 23.3 Å². The third-order valence-corrected chi connectivity index (χ3v) is 5.95. The zero-order valence-corrected chi connectivity index (χ0v) is 24.7. The SMILES string of the molecule is C.C.N#Cc1ccc(OCc2nccc(Oc3ccc(CC(=O)O)cc3F)n2)c(F)c1.[C-]#[N+]c1ccc(OCc2nccc(Cl)n2)c(F)c1. The van der Waals surface area contributed by atoms with Gasteiger partial charge in [-0.1, -0.05) is 38.6 Å². The highest BCUT2D eigenvalue weighted by Crippen LogP contribution is 2.25. The van der Waals surface area contributed by atoms with Crippen LogP contribution in [0.3, 0.4) is 0 Å². The van der Waals surface area contributed by atoms with Crippen molar-refractivity contribution in [2.24, 2.45) is 0 Å². The van der Waals surface area contributed by atoms with Crippen LogP contribution in [-0.4, -0.2) is 31.0 Å². The average molecular weight is 693 g/mol. The van der Waals surface area contributed by atoms with Gasteiger partial charge in [-0.3, -0.25) is 4.79 Å². The summed E-state index contributed by atoms with van der Waals surface area (Å²) in [4.78, 5) is 29.7. The van der Waals surface area contributed by atoms with Crippen molar-refractivity contribution in [1.82, 2.24) is 19.9 Å². The lowest BCUT2D eigenvalue weighted by Crippen LogP contribution is -2.04. The van der Waals surface area contributed by atoms with E-state index in [1.165, 1.54) is 60.9 Å². The molecule has 2 heterocycles. The minimum atomic E-state index is -1.07. The molecule has 1 N–H and O–H groups in total. The van der Waals surface area contributed by atoms with Crippen LogP contribution < -0.4 is 14.2 Å². The Morgan fingerprint density at radius 2 is 1.43 bits per heavy atom. The van der Waals surface area contributed by atoms with E-state index >= 15 is 0 Å². The summed E-state index contributed by atoms with van der Waals surface area (Å²) in [6.45, 7) is 6.58. The summed E-state index contributed by atoms with van der Waals surface area (Å²) >= 11 is 5.68. The maximum Gasteiger partial charge on any atom is 0.307 e. The van der Waals surface area contributed by atoms with E-state index < -0.39 is 23.4 Å². The molecule has 5 aromatic rings. The molecule has 2 aromatic heterocycles. The Bertz CT molecular complexity index is 1990. The molecule has 0 atom stereocenters. The van der Waals surface area contributed by atoms with Crippen molar-refractivity contribution in [1.29, 1.82) is 5.26 Å². The molecule has 0 aliphatic heterocycles. The summed E-state index contributed by atoms with van der Waals surface area (Å²) in [6, 6.07) is 16.3. The third-order valence-electron chi connectivity index (χ3n) is 5.74. The molecule has 11 nitrogen and oxygen atoms in total. The van der Waals surface area contributed by atoms with Crippen LogP contribution in [0.4, 0.5) is 18.9 Å². The van der Waals surface area contributed by atoms with Gasteiger partial charge in [0.15, 0.2) is 52.0 Å². The number of nitriles is 1. The molecule has 49 heavy (non-hydrogen) atoms. The zero-order valence-electron chi connectivity index (χ0n) is 23.9. The van der Waals surface area contributed by atoms with Crippen LogP contribution in [0.15, 0.2) is 79.1 Å². The second-order valence-corrected chi connectivity index (χ2v) is 9.49. The van der Waals surface area contributed by atoms with Gasteiger partial charge in [0.05, 0.1) is 24.6 Å². The lowest BCUT2D eigenvalue weighted by atomic mass is 10.1. The number of benzene rings is 3. The maximum absolute atomic E-state index is 14.1. The van der Waals surface area contributed by atoms with Gasteiger partial charge in [-0.05, 0) is 54.1 Å². The van der Waals surface area contributed by atoms with Gasteiger partial charge in [-0.25, -0.2) is 33.0 Å². The zero-order chi connectivity index (χ0) is 33.8. The average Bonchev–Trinajstić information content (AvgIpc) is 3.05. The normalized spacial score (nSPS) is 9.67. The molecule has 15 heteroatoms. The van der Waals surface area contributed by atoms with Crippen molar-refractivity contribution in [2.45, 2.75) is 34.5 Å². The molecular weight excluding hydrogens is 665 g/mol. The molecule has 3 aromatic carbocycles. The number of carbonyl (C=O) groups is 1. The second kappa shape index (κ2) is 18.8. The molecule has 0 bridgehead atoms. The predicted octanol–water partition coefficient (Wildman–Crippen LogP) is 8.30. The lowest BCUT2D eigenvalue weighted by Gasteiger charge is -2.09. The number of aliphatic carboxylic acids is 1. The van der Waals surface area contributed by atoms with Gasteiger partial charge in [0.1, 0.15) is 18.4 Å². The number of nitrogens with zero attached hydrogens (tertiary/aromatic N) is 6. The molecule has 0 saturated carbocycles. The van der Waals surface area contributed by atoms with E-state index in [1.54, 1.807) is 0 Å². The van der Waals surface area contributed by atoms with Crippen molar-refractivity contribution in [2.75, 3.05) is 0 Å². The molecule has 0 amide bonds. The van der Waals surface area contributed by atoms with Crippen LogP contribution in [0.1, 0.15) is 37.6 Å². The number of carboxylic acid groups (broad SMARTS) is 1. The number of hydrogen-bond donors (Lipinski definition) is 1. The fourth-order valence-corrected chi connectivity index (χ4v) is 3.78. The first-order valence-corrected chi connectivity index (χ1v) is 13.6. The molecule has 0 aliphatic rings. The van der Waals surface area contributed by atoms with Crippen molar-refractivity contribution < 1.29 is 37.3 Å². The number of halogens is 4. The Hall–Kier alpha value is -6.25. The van der Waals surface area contributed by atoms with E-state index in [0.717, 1.165) is 18.2 Å². The molecule has 0 spiro atoms. The van der Waals surface area contributed by atoms with Gasteiger partial charge in [0.2, 0.25) is 5.88 Å². The van der Waals surface area contributed by atoms with Crippen LogP contribution in [-0.2, 0) is 24.4 Å². The standard InChI is InChI=1S/C20H13F2N3O4.C12H7ClFN3O.2CH4/c21-14-8-13(10-23)2-3-16(14)28-11-18-24-6-5-19(25-18)29-17-4-1-12(7-15(17)22)9-20(26)27;1-15-8-2-3-10(9(14)6-8)18-7-12-16-5-4-11(13)17-12;;/h1-8H,9,11H2,(H,26,27);2-6H,7H2;2*1H4. The summed E-state index contributed by atoms with van der Waals surface area (Å²) in [5.41, 5.74) is 0.681. The number of carboxylic acids is 1. The van der Waals surface area contributed by atoms with Crippen LogP contribution in [0.25, 0.3) is 4.85 Å². The second-order valence-electron chi connectivity index (χ2n) is 9.10. The number of hydrogen-bond acceptors (Lipinski definition) is 9. The summed E-state index contributed by atoms with van der Waals surface area (Å²) in [5.74, 6) is -2.70. The summed E-state index contributed by atoms with van der Waals surface area (Å²) in [7, 11) is 0. The lowest BCUT2D eigenvalue weighted by molar-refractivity contribution is -0.136. The molecule has 5 rings (SSSR count). The van der Waals surface area contributed by atoms with Crippen LogP contribution in [0.5, 0.6) is 23.1 Å². The van der Waals surface area contributed by atoms with E-state index in [1.807, 2.05) is 6.07 Å². The van der Waals surface area contributed by atoms with Crippen molar-refractivity contribution in [3.63, 3.8) is 0 Å². The van der Waals surface area contributed by atoms with Gasteiger partial charge in [0, 0.05) is 18.5 Å². The van der Waals surface area contributed by atoms with Gasteiger partial charge < -0.3 is 19.3 Å². The number of ether oxygens (including phenoxy) is 3. The molecule has 252 valence electrons. The molecule has 0 unspecified atom stereocenters. The quantitative estimate of drug-likeness (QED) is 0.112. The Labute approximate surface area is 285 Å². The van der Waals surface area contributed by atoms with Crippen LogP contribution in [0, 0.1) is 35.4 Å². The van der Waals surface area contributed by atoms with Gasteiger partial charge >= 0.3 is 5.97 Å². The van der Waals surface area contributed by atoms with E-state index in [0.29, 0.717) is 16.5 Å². The number of rotatable bonds is 10. The highest BCUT2D eigenvalue weighted by atomic mass is 35.5. The van der Waals surface area contributed by atoms with Gasteiger partial charge in [-0.15, -0.1) is 0 Å². The highest BCUT2D eigenvalue weighted by Gasteiger charge is 2.11. The molecular formula is C34H28ClF3N6O5. The fourth-order valence-electron chi connectivity index (χ4n) is 3.62. The first kappa shape index (κ1) is 38.9. The Morgan fingerprint density at radius 1 is 0.837 bits per heavy atom. The molecule has 0 saturated heterocycles. The minimum Gasteiger partial charge on any atom is -0.483 e. The van der Waals surface area contributed by atoms with Gasteiger partial charge in [0.25, 0.3) is 0 Å². The predicted molar refractivity (Wildman–Crippen MR) is 173 cm³/mol. The first-order chi connectivity index (χ1) is 22.6. The van der Waals surface area contributed by atoms with E-state index in [4.69, 9.17) is 42.8 Å². The Morgan fingerprint density at radius 3 is 2.00 bits per heavy atom. The fraction of sp³-hybridized carbons (Fsp3) is 0.147. The third kappa shape index (κ3) is 11.8. The summed E-state index contributed by atoms with van der Waals surface area (Å²) in [6.07, 6.45) is 2.55. The maximum atomic E-state index is 14.1. The molecule has 0 radical (unpaired) electrons. The van der Waals surface area contributed by atoms with Gasteiger partial charge in [-0.2, -0.15) is 10.2 Å². The van der Waals surface area contributed by atoms with E-state index in [9.17, 15) is 18.0 Å².